The Balaban J connectivity index is 1.30. The van der Waals surface area contributed by atoms with Crippen LogP contribution in [0.15, 0.2) is 38.9 Å². The van der Waals surface area contributed by atoms with Crippen LogP contribution in [-0.2, 0) is 9.53 Å². The summed E-state index contributed by atoms with van der Waals surface area (Å²) in [6.07, 6.45) is 6.50. The molecule has 152 valence electrons. The van der Waals surface area contributed by atoms with Gasteiger partial charge in [0.05, 0.1) is 25.4 Å². The normalized spacial score (nSPS) is 47.5. The number of rotatable bonds is 3. The summed E-state index contributed by atoms with van der Waals surface area (Å²) in [6.45, 7) is 0.00170. The quantitative estimate of drug-likeness (QED) is 0.189. The summed E-state index contributed by atoms with van der Waals surface area (Å²) in [4.78, 5) is 23.4. The van der Waals surface area contributed by atoms with E-state index in [1.807, 2.05) is 6.08 Å². The SMILES string of the molecule is NC1=NC(CO)C2N=C(N)[N+]3(O)C4C(OC(=O)C5C=CC=C6C=NNC65)CN1C243. The number of hydroxylamine groups is 3. The summed E-state index contributed by atoms with van der Waals surface area (Å²) in [7, 11) is 0. The van der Waals surface area contributed by atoms with Crippen molar-refractivity contribution in [2.24, 2.45) is 32.5 Å². The molecule has 0 bridgehead atoms. The monoisotopic (exact) mass is 401 g/mol. The van der Waals surface area contributed by atoms with E-state index >= 15 is 0 Å². The molecule has 12 heteroatoms. The van der Waals surface area contributed by atoms with Gasteiger partial charge in [-0.15, -0.1) is 0 Å². The maximum atomic E-state index is 13.0. The molecule has 2 fully saturated rings. The lowest BCUT2D eigenvalue weighted by Gasteiger charge is -2.35. The fourth-order valence-electron chi connectivity index (χ4n) is 5.73. The fraction of sp³-hybridized carbons (Fsp3) is 0.529. The first-order valence-corrected chi connectivity index (χ1v) is 9.49. The smallest absolute Gasteiger partial charge is 0.331 e. The van der Waals surface area contributed by atoms with Crippen LogP contribution in [0.1, 0.15) is 0 Å². The Morgan fingerprint density at radius 2 is 2.28 bits per heavy atom. The van der Waals surface area contributed by atoms with Crippen LogP contribution in [0.2, 0.25) is 0 Å². The first-order valence-electron chi connectivity index (χ1n) is 9.49. The van der Waals surface area contributed by atoms with Crippen molar-refractivity contribution in [2.45, 2.75) is 35.9 Å². The molecule has 8 atom stereocenters. The van der Waals surface area contributed by atoms with Gasteiger partial charge in [-0.05, 0) is 5.57 Å². The number of hydrazone groups is 1. The Bertz CT molecular complexity index is 974. The Labute approximate surface area is 165 Å². The highest BCUT2D eigenvalue weighted by molar-refractivity contribution is 5.88. The number of hydrogen-bond acceptors (Lipinski definition) is 11. The molecule has 7 N–H and O–H groups in total. The second-order valence-corrected chi connectivity index (χ2v) is 8.11. The number of allylic oxidation sites excluding steroid dienone is 2. The van der Waals surface area contributed by atoms with Gasteiger partial charge in [-0.3, -0.25) is 9.69 Å². The summed E-state index contributed by atoms with van der Waals surface area (Å²) < 4.78 is 5.22. The average Bonchev–Trinajstić information content (AvgIpc) is 3.11. The minimum absolute atomic E-state index is 0.0164. The molecule has 1 spiro atoms. The number of carbonyl (C=O) groups is 1. The van der Waals surface area contributed by atoms with Crippen LogP contribution in [0.4, 0.5) is 0 Å². The standard InChI is InChI=1S/C17H21N8O4/c18-15-21-9(6-26)12-17-13(25(17,28)16(19)22-12)10(5-24(15)17)29-14(27)8-3-1-2-7-4-20-23-11(7)8/h1-4,8-13,23,26,28H,5-6H2,(H2,18,21)(H2,19,22)/q+1. The molecule has 0 amide bonds. The zero-order chi connectivity index (χ0) is 20.1. The van der Waals surface area contributed by atoms with Crippen LogP contribution >= 0.6 is 0 Å². The molecule has 6 rings (SSSR count). The van der Waals surface area contributed by atoms with E-state index < -0.39 is 46.4 Å². The van der Waals surface area contributed by atoms with Crippen molar-refractivity contribution in [3.8, 4) is 0 Å². The zero-order valence-electron chi connectivity index (χ0n) is 15.3. The number of nitrogens with zero attached hydrogens (tertiary/aromatic N) is 5. The first-order chi connectivity index (χ1) is 13.9. The molecule has 12 nitrogen and oxygen atoms in total. The van der Waals surface area contributed by atoms with E-state index in [0.29, 0.717) is 0 Å². The molecule has 0 aromatic heterocycles. The molecular formula is C17H21N8O4+. The third-order valence-electron chi connectivity index (χ3n) is 6.94. The fourth-order valence-corrected chi connectivity index (χ4v) is 5.73. The van der Waals surface area contributed by atoms with Gasteiger partial charge in [0.25, 0.3) is 5.66 Å². The van der Waals surface area contributed by atoms with Crippen molar-refractivity contribution in [1.82, 2.24) is 10.3 Å². The molecule has 1 aliphatic carbocycles. The minimum Gasteiger partial charge on any atom is -0.453 e. The molecule has 2 saturated heterocycles. The van der Waals surface area contributed by atoms with Gasteiger partial charge < -0.3 is 26.7 Å². The van der Waals surface area contributed by atoms with Crippen LogP contribution in [0.3, 0.4) is 0 Å². The van der Waals surface area contributed by atoms with E-state index in [0.717, 1.165) is 5.57 Å². The van der Waals surface area contributed by atoms with Crippen LogP contribution in [0, 0.1) is 5.92 Å². The van der Waals surface area contributed by atoms with Gasteiger partial charge in [0.2, 0.25) is 6.04 Å². The molecule has 0 aromatic carbocycles. The zero-order valence-corrected chi connectivity index (χ0v) is 15.3. The van der Waals surface area contributed by atoms with E-state index in [2.05, 4.69) is 20.5 Å². The van der Waals surface area contributed by atoms with Gasteiger partial charge >= 0.3 is 11.9 Å². The van der Waals surface area contributed by atoms with Crippen molar-refractivity contribution >= 4 is 24.1 Å². The van der Waals surface area contributed by atoms with Gasteiger partial charge in [-0.1, -0.05) is 22.9 Å². The number of fused-ring (bicyclic) bond motifs is 2. The number of aliphatic imine (C=N–C) groups is 2. The maximum Gasteiger partial charge on any atom is 0.331 e. The Kier molecular flexibility index (Phi) is 3.01. The highest BCUT2D eigenvalue weighted by atomic mass is 16.6. The van der Waals surface area contributed by atoms with Gasteiger partial charge in [0.15, 0.2) is 18.1 Å². The molecule has 5 aliphatic heterocycles. The van der Waals surface area contributed by atoms with Gasteiger partial charge in [-0.25, -0.2) is 15.2 Å². The third-order valence-corrected chi connectivity index (χ3v) is 6.94. The summed E-state index contributed by atoms with van der Waals surface area (Å²) in [5, 5.41) is 25.0. The number of aliphatic hydroxyl groups is 1. The summed E-state index contributed by atoms with van der Waals surface area (Å²) in [5.41, 5.74) is 15.0. The van der Waals surface area contributed by atoms with Crippen LogP contribution < -0.4 is 16.9 Å². The Morgan fingerprint density at radius 1 is 1.45 bits per heavy atom. The molecule has 29 heavy (non-hydrogen) atoms. The Hall–Kier alpha value is -2.96. The number of aliphatic hydroxyl groups excluding tert-OH is 1. The van der Waals surface area contributed by atoms with Crippen LogP contribution in [0.5, 0.6) is 0 Å². The van der Waals surface area contributed by atoms with Gasteiger partial charge in [0, 0.05) is 0 Å². The van der Waals surface area contributed by atoms with Crippen LogP contribution in [0.25, 0.3) is 0 Å². The average molecular weight is 401 g/mol. The number of ether oxygens (including phenoxy) is 1. The first kappa shape index (κ1) is 16.9. The van der Waals surface area contributed by atoms with Crippen molar-refractivity contribution in [2.75, 3.05) is 13.2 Å². The number of nitrogens with one attached hydrogen (secondary N) is 1. The number of carbonyl (C=O) groups excluding carboxylic acids is 1. The van der Waals surface area contributed by atoms with E-state index in [4.69, 9.17) is 16.2 Å². The lowest BCUT2D eigenvalue weighted by atomic mass is 9.90. The van der Waals surface area contributed by atoms with Gasteiger partial charge in [0.1, 0.15) is 12.0 Å². The Morgan fingerprint density at radius 3 is 3.07 bits per heavy atom. The van der Waals surface area contributed by atoms with E-state index in [1.54, 1.807) is 23.3 Å². The third kappa shape index (κ3) is 1.71. The molecule has 0 saturated carbocycles. The van der Waals surface area contributed by atoms with E-state index in [1.165, 1.54) is 0 Å². The number of quaternary nitrogens is 1. The van der Waals surface area contributed by atoms with Gasteiger partial charge in [-0.2, -0.15) is 5.10 Å². The van der Waals surface area contributed by atoms with E-state index in [-0.39, 0.29) is 31.1 Å². The van der Waals surface area contributed by atoms with Crippen molar-refractivity contribution in [3.05, 3.63) is 23.8 Å². The van der Waals surface area contributed by atoms with Crippen LogP contribution in [-0.4, -0.2) is 93.0 Å². The molecule has 6 aliphatic rings. The largest absolute Gasteiger partial charge is 0.453 e. The highest BCUT2D eigenvalue weighted by Crippen LogP contribution is 2.64. The maximum absolute atomic E-state index is 13.0. The summed E-state index contributed by atoms with van der Waals surface area (Å²) >= 11 is 0. The summed E-state index contributed by atoms with van der Waals surface area (Å²) in [5.74, 6) is -0.763. The predicted molar refractivity (Wildman–Crippen MR) is 99.2 cm³/mol. The predicted octanol–water partition coefficient (Wildman–Crippen LogP) is -3.05. The number of nitrogens with two attached hydrogens (primary N) is 2. The lowest BCUT2D eigenvalue weighted by Crippen LogP contribution is -2.62. The van der Waals surface area contributed by atoms with E-state index in [9.17, 15) is 15.1 Å². The second-order valence-electron chi connectivity index (χ2n) is 8.11. The summed E-state index contributed by atoms with van der Waals surface area (Å²) in [6, 6.07) is -1.97. The highest BCUT2D eigenvalue weighted by Gasteiger charge is 3.00. The number of hydrogen-bond donors (Lipinski definition) is 5. The number of esters is 1. The van der Waals surface area contributed by atoms with Crippen molar-refractivity contribution in [1.29, 1.82) is 0 Å². The molecule has 0 aromatic rings. The van der Waals surface area contributed by atoms with Crippen molar-refractivity contribution < 1.29 is 24.5 Å². The van der Waals surface area contributed by atoms with Crippen molar-refractivity contribution in [3.63, 3.8) is 0 Å². The topological polar surface area (TPSA) is 171 Å². The minimum atomic E-state index is -0.976. The molecule has 0 radical (unpaired) electrons. The lowest BCUT2D eigenvalue weighted by molar-refractivity contribution is -0.963. The second kappa shape index (κ2) is 5.14. The molecule has 5 heterocycles. The molecule has 8 unspecified atom stereocenters. The molecular weight excluding hydrogens is 380 g/mol. The number of guanidine groups is 2.